The molecule has 2 amide bonds. The van der Waals surface area contributed by atoms with Gasteiger partial charge in [0.25, 0.3) is 0 Å². The first-order chi connectivity index (χ1) is 21.0. The number of benzene rings is 3. The average molecular weight is 669 g/mol. The number of ether oxygens (including phenoxy) is 1. The molecule has 2 aliphatic heterocycles. The summed E-state index contributed by atoms with van der Waals surface area (Å²) in [5, 5.41) is 3.64. The largest absolute Gasteiger partial charge is 0.573 e. The van der Waals surface area contributed by atoms with E-state index in [0.29, 0.717) is 51.0 Å². The maximum absolute atomic E-state index is 14.7. The second-order valence-electron chi connectivity index (χ2n) is 11.4. The van der Waals surface area contributed by atoms with Crippen molar-refractivity contribution in [3.63, 3.8) is 0 Å². The van der Waals surface area contributed by atoms with Crippen LogP contribution in [0, 0.1) is 11.7 Å². The summed E-state index contributed by atoms with van der Waals surface area (Å²) < 4.78 is 58.9. The minimum absolute atomic E-state index is 0. The number of hydrogen-bond acceptors (Lipinski definition) is 4. The highest BCUT2D eigenvalue weighted by Crippen LogP contribution is 2.34. The van der Waals surface area contributed by atoms with Crippen LogP contribution in [0.3, 0.4) is 0 Å². The fourth-order valence-corrected chi connectivity index (χ4v) is 6.37. The van der Waals surface area contributed by atoms with Gasteiger partial charge in [-0.3, -0.25) is 9.59 Å². The molecule has 242 valence electrons. The van der Waals surface area contributed by atoms with Crippen LogP contribution in [0.1, 0.15) is 43.2 Å². The van der Waals surface area contributed by atoms with Crippen LogP contribution in [-0.2, 0) is 16.1 Å². The van der Waals surface area contributed by atoms with Crippen molar-refractivity contribution < 1.29 is 31.9 Å². The van der Waals surface area contributed by atoms with Crippen LogP contribution < -0.4 is 10.1 Å². The lowest BCUT2D eigenvalue weighted by Gasteiger charge is -2.42. The van der Waals surface area contributed by atoms with E-state index in [-0.39, 0.29) is 70.5 Å². The molecule has 2 aliphatic rings. The lowest BCUT2D eigenvalue weighted by molar-refractivity contribution is -0.274. The summed E-state index contributed by atoms with van der Waals surface area (Å²) in [6.07, 6.45) is -3.07. The predicted octanol–water partition coefficient (Wildman–Crippen LogP) is 7.20. The number of carbonyl (C=O) groups excluding carboxylic acids is 2. The maximum Gasteiger partial charge on any atom is 0.573 e. The molecule has 3 aromatic rings. The molecular weight excluding hydrogens is 633 g/mol. The number of nitrogens with zero attached hydrogens (tertiary/aromatic N) is 2. The first kappa shape index (κ1) is 34.5. The highest BCUT2D eigenvalue weighted by Gasteiger charge is 2.37. The van der Waals surface area contributed by atoms with Crippen LogP contribution in [0.25, 0.3) is 11.1 Å². The van der Waals surface area contributed by atoms with E-state index in [0.717, 1.165) is 11.6 Å². The Kier molecular flexibility index (Phi) is 11.4. The van der Waals surface area contributed by atoms with Crippen LogP contribution in [0.5, 0.6) is 5.75 Å². The highest BCUT2D eigenvalue weighted by molar-refractivity contribution is 6.30. The Morgan fingerprint density at radius 2 is 1.64 bits per heavy atom. The molecule has 0 spiro atoms. The maximum atomic E-state index is 14.7. The second-order valence-corrected chi connectivity index (χ2v) is 11.8. The van der Waals surface area contributed by atoms with Gasteiger partial charge in [0.05, 0.1) is 0 Å². The summed E-state index contributed by atoms with van der Waals surface area (Å²) in [6.45, 7) is 3.64. The number of hydrogen-bond donors (Lipinski definition) is 1. The van der Waals surface area contributed by atoms with E-state index < -0.39 is 12.2 Å². The molecule has 5 rings (SSSR count). The van der Waals surface area contributed by atoms with Gasteiger partial charge in [-0.2, -0.15) is 0 Å². The number of rotatable bonds is 7. The average Bonchev–Trinajstić information content (AvgIpc) is 3.00. The van der Waals surface area contributed by atoms with Gasteiger partial charge < -0.3 is 19.9 Å². The SMILES string of the molecule is CC(=O)N1CCC(C(=O)N2CC[C@H](NCc3cc(-c4ccc(Cl)cc4F)ccc3OC(F)(F)F)[C@H](c3ccccc3)C2)CC1.Cl. The summed E-state index contributed by atoms with van der Waals surface area (Å²) in [5.41, 5.74) is 1.83. The van der Waals surface area contributed by atoms with Gasteiger partial charge >= 0.3 is 6.36 Å². The standard InChI is InChI=1S/C33H34ClF4N3O3.ClH/c1-21(42)40-14-11-23(12-15-40)32(43)41-16-13-30(28(20-41)22-5-3-2-4-6-22)39-19-25-17-24(7-10-31(25)44-33(36,37)38)27-9-8-26(34)18-29(27)35;/h2-10,17-18,23,28,30,39H,11-16,19-20H2,1H3;1H/t28-,30-;/m0./s1. The van der Waals surface area contributed by atoms with Crippen LogP contribution in [0.15, 0.2) is 66.7 Å². The van der Waals surface area contributed by atoms with E-state index in [1.165, 1.54) is 37.3 Å². The molecule has 0 unspecified atom stereocenters. The minimum atomic E-state index is -4.90. The van der Waals surface area contributed by atoms with Crippen molar-refractivity contribution in [2.75, 3.05) is 26.2 Å². The fraction of sp³-hybridized carbons (Fsp3) is 0.394. The van der Waals surface area contributed by atoms with Gasteiger partial charge in [0, 0.05) is 73.7 Å². The molecule has 45 heavy (non-hydrogen) atoms. The van der Waals surface area contributed by atoms with Crippen molar-refractivity contribution in [3.8, 4) is 16.9 Å². The molecule has 12 heteroatoms. The van der Waals surface area contributed by atoms with Crippen LogP contribution in [0.4, 0.5) is 17.6 Å². The van der Waals surface area contributed by atoms with Crippen LogP contribution in [0.2, 0.25) is 5.02 Å². The van der Waals surface area contributed by atoms with Crippen molar-refractivity contribution in [2.45, 2.75) is 51.1 Å². The molecule has 0 bridgehead atoms. The molecule has 2 atom stereocenters. The molecule has 0 saturated carbocycles. The Labute approximate surface area is 271 Å². The number of halogens is 6. The van der Waals surface area contributed by atoms with Gasteiger partial charge in [-0.1, -0.05) is 48.0 Å². The normalized spacial score (nSPS) is 19.2. The monoisotopic (exact) mass is 667 g/mol. The van der Waals surface area contributed by atoms with E-state index >= 15 is 0 Å². The number of carbonyl (C=O) groups is 2. The number of alkyl halides is 3. The highest BCUT2D eigenvalue weighted by atomic mass is 35.5. The summed E-state index contributed by atoms with van der Waals surface area (Å²) in [7, 11) is 0. The number of nitrogens with one attached hydrogen (secondary N) is 1. The fourth-order valence-electron chi connectivity index (χ4n) is 6.21. The zero-order chi connectivity index (χ0) is 31.4. The van der Waals surface area contributed by atoms with E-state index in [1.54, 1.807) is 4.90 Å². The number of piperidine rings is 2. The Morgan fingerprint density at radius 3 is 2.29 bits per heavy atom. The van der Waals surface area contributed by atoms with Gasteiger partial charge in [-0.15, -0.1) is 25.6 Å². The predicted molar refractivity (Wildman–Crippen MR) is 167 cm³/mol. The van der Waals surface area contributed by atoms with Crippen molar-refractivity contribution in [1.29, 1.82) is 0 Å². The van der Waals surface area contributed by atoms with Gasteiger partial charge in [-0.25, -0.2) is 4.39 Å². The summed E-state index contributed by atoms with van der Waals surface area (Å²) in [4.78, 5) is 28.9. The van der Waals surface area contributed by atoms with E-state index in [2.05, 4.69) is 10.1 Å². The molecule has 6 nitrogen and oxygen atoms in total. The summed E-state index contributed by atoms with van der Waals surface area (Å²) in [6, 6.07) is 17.8. The van der Waals surface area contributed by atoms with E-state index in [9.17, 15) is 27.2 Å². The second kappa shape index (κ2) is 14.8. The third-order valence-corrected chi connectivity index (χ3v) is 8.76. The van der Waals surface area contributed by atoms with Gasteiger partial charge in [0.1, 0.15) is 11.6 Å². The van der Waals surface area contributed by atoms with Crippen molar-refractivity contribution in [2.24, 2.45) is 5.92 Å². The Bertz CT molecular complexity index is 1480. The van der Waals surface area contributed by atoms with Crippen LogP contribution >= 0.6 is 24.0 Å². The zero-order valence-corrected chi connectivity index (χ0v) is 26.2. The number of likely N-dealkylation sites (tertiary alicyclic amines) is 2. The lowest BCUT2D eigenvalue weighted by atomic mass is 9.84. The topological polar surface area (TPSA) is 61.9 Å². The molecule has 0 aromatic heterocycles. The van der Waals surface area contributed by atoms with Crippen molar-refractivity contribution in [3.05, 3.63) is 88.7 Å². The van der Waals surface area contributed by atoms with Crippen molar-refractivity contribution >= 4 is 35.8 Å². The molecule has 2 saturated heterocycles. The van der Waals surface area contributed by atoms with E-state index in [1.807, 2.05) is 35.2 Å². The summed E-state index contributed by atoms with van der Waals surface area (Å²) in [5.74, 6) is -1.14. The van der Waals surface area contributed by atoms with Crippen molar-refractivity contribution in [1.82, 2.24) is 15.1 Å². The Balaban J connectivity index is 0.00000461. The Morgan fingerprint density at radius 1 is 0.956 bits per heavy atom. The quantitative estimate of drug-likeness (QED) is 0.271. The molecule has 1 N–H and O–H groups in total. The zero-order valence-electron chi connectivity index (χ0n) is 24.7. The molecule has 2 fully saturated rings. The smallest absolute Gasteiger partial charge is 0.405 e. The number of amides is 2. The lowest BCUT2D eigenvalue weighted by Crippen LogP contribution is -2.52. The molecular formula is C33H35Cl2F4N3O3. The first-order valence-electron chi connectivity index (χ1n) is 14.6. The third-order valence-electron chi connectivity index (χ3n) is 8.52. The first-order valence-corrected chi connectivity index (χ1v) is 15.0. The molecule has 0 aliphatic carbocycles. The van der Waals surface area contributed by atoms with Gasteiger partial charge in [-0.05, 0) is 60.7 Å². The summed E-state index contributed by atoms with van der Waals surface area (Å²) >= 11 is 5.89. The van der Waals surface area contributed by atoms with Gasteiger partial charge in [0.2, 0.25) is 11.8 Å². The molecule has 2 heterocycles. The van der Waals surface area contributed by atoms with Crippen LogP contribution in [-0.4, -0.2) is 60.2 Å². The van der Waals surface area contributed by atoms with Gasteiger partial charge in [0.15, 0.2) is 0 Å². The minimum Gasteiger partial charge on any atom is -0.405 e. The Hall–Kier alpha value is -3.34. The molecule has 0 radical (unpaired) electrons. The molecule has 3 aromatic carbocycles. The third kappa shape index (κ3) is 8.68. The van der Waals surface area contributed by atoms with E-state index in [4.69, 9.17) is 11.6 Å².